The second-order valence-electron chi connectivity index (χ2n) is 6.41. The predicted octanol–water partition coefficient (Wildman–Crippen LogP) is 2.78. The molecule has 1 aliphatic rings. The monoisotopic (exact) mass is 510 g/mol. The van der Waals surface area contributed by atoms with E-state index in [1.807, 2.05) is 18.2 Å². The zero-order valence-electron chi connectivity index (χ0n) is 16.5. The first-order valence-electron chi connectivity index (χ1n) is 9.17. The molecular weight excluding hydrogens is 479 g/mol. The van der Waals surface area contributed by atoms with Crippen molar-refractivity contribution >= 4 is 41.5 Å². The van der Waals surface area contributed by atoms with Crippen molar-refractivity contribution in [3.05, 3.63) is 28.8 Å². The summed E-state index contributed by atoms with van der Waals surface area (Å²) in [5.74, 6) is 1.60. The Hall–Kier alpha value is -0.770. The summed E-state index contributed by atoms with van der Waals surface area (Å²) in [5.41, 5.74) is 1.09. The Balaban J connectivity index is 0.00000364. The highest BCUT2D eigenvalue weighted by Gasteiger charge is 2.23. The molecule has 1 aliphatic heterocycles. The van der Waals surface area contributed by atoms with Gasteiger partial charge in [-0.25, -0.2) is 0 Å². The molecule has 0 spiro atoms. The van der Waals surface area contributed by atoms with E-state index in [0.29, 0.717) is 6.04 Å². The fourth-order valence-corrected chi connectivity index (χ4v) is 3.50. The molecular formula is C19H32ClIN4O2. The van der Waals surface area contributed by atoms with Gasteiger partial charge in [0.15, 0.2) is 5.96 Å². The average molecular weight is 511 g/mol. The van der Waals surface area contributed by atoms with E-state index in [4.69, 9.17) is 21.1 Å². The van der Waals surface area contributed by atoms with Gasteiger partial charge in [-0.05, 0) is 43.5 Å². The summed E-state index contributed by atoms with van der Waals surface area (Å²) in [6.07, 6.45) is 3.29. The van der Waals surface area contributed by atoms with Gasteiger partial charge in [-0.1, -0.05) is 17.7 Å². The van der Waals surface area contributed by atoms with E-state index in [1.54, 1.807) is 21.3 Å². The van der Waals surface area contributed by atoms with Crippen molar-refractivity contribution in [3.8, 4) is 5.75 Å². The van der Waals surface area contributed by atoms with Gasteiger partial charge in [-0.3, -0.25) is 9.89 Å². The lowest BCUT2D eigenvalue weighted by atomic mass is 10.1. The number of halogens is 2. The minimum absolute atomic E-state index is 0. The van der Waals surface area contributed by atoms with Gasteiger partial charge in [-0.2, -0.15) is 0 Å². The summed E-state index contributed by atoms with van der Waals surface area (Å²) < 4.78 is 10.4. The molecule has 6 nitrogen and oxygen atoms in total. The van der Waals surface area contributed by atoms with Gasteiger partial charge in [0, 0.05) is 44.9 Å². The largest absolute Gasteiger partial charge is 0.497 e. The van der Waals surface area contributed by atoms with Gasteiger partial charge >= 0.3 is 0 Å². The van der Waals surface area contributed by atoms with Crippen LogP contribution in [0.4, 0.5) is 0 Å². The number of rotatable bonds is 9. The van der Waals surface area contributed by atoms with E-state index in [2.05, 4.69) is 20.5 Å². The topological polar surface area (TPSA) is 58.1 Å². The van der Waals surface area contributed by atoms with Crippen LogP contribution in [0, 0.1) is 0 Å². The van der Waals surface area contributed by atoms with Crippen molar-refractivity contribution in [1.82, 2.24) is 15.5 Å². The van der Waals surface area contributed by atoms with Gasteiger partial charge in [0.25, 0.3) is 0 Å². The molecule has 0 aliphatic carbocycles. The second kappa shape index (κ2) is 13.4. The molecule has 2 rings (SSSR count). The molecule has 0 radical (unpaired) electrons. The first kappa shape index (κ1) is 24.3. The maximum atomic E-state index is 6.29. The number of aliphatic imine (C=N–C) groups is 1. The van der Waals surface area contributed by atoms with Crippen molar-refractivity contribution in [2.24, 2.45) is 4.99 Å². The molecule has 0 saturated carbocycles. The molecule has 8 heteroatoms. The Bertz CT molecular complexity index is 589. The molecule has 0 aromatic heterocycles. The lowest BCUT2D eigenvalue weighted by molar-refractivity contribution is 0.141. The highest BCUT2D eigenvalue weighted by atomic mass is 127. The third-order valence-corrected chi connectivity index (χ3v) is 5.11. The number of nitrogens with zero attached hydrogens (tertiary/aromatic N) is 2. The number of benzene rings is 1. The normalized spacial score (nSPS) is 17.5. The first-order chi connectivity index (χ1) is 12.7. The summed E-state index contributed by atoms with van der Waals surface area (Å²) in [6, 6.07) is 6.33. The van der Waals surface area contributed by atoms with Crippen molar-refractivity contribution < 1.29 is 9.47 Å². The number of hydrogen-bond acceptors (Lipinski definition) is 4. The Kier molecular flexibility index (Phi) is 12.1. The molecule has 1 fully saturated rings. The number of nitrogens with one attached hydrogen (secondary N) is 2. The van der Waals surface area contributed by atoms with Gasteiger partial charge in [0.2, 0.25) is 0 Å². The van der Waals surface area contributed by atoms with Crippen LogP contribution in [0.2, 0.25) is 5.02 Å². The summed E-state index contributed by atoms with van der Waals surface area (Å²) in [6.45, 7) is 4.59. The van der Waals surface area contributed by atoms with Crippen molar-refractivity contribution in [2.75, 3.05) is 54.1 Å². The number of guanidine groups is 1. The maximum absolute atomic E-state index is 6.29. The third kappa shape index (κ3) is 8.01. The lowest BCUT2D eigenvalue weighted by Crippen LogP contribution is -2.45. The van der Waals surface area contributed by atoms with Crippen molar-refractivity contribution in [1.29, 1.82) is 0 Å². The summed E-state index contributed by atoms with van der Waals surface area (Å²) in [7, 11) is 5.19. The zero-order valence-corrected chi connectivity index (χ0v) is 19.5. The second-order valence-corrected chi connectivity index (χ2v) is 6.82. The van der Waals surface area contributed by atoms with E-state index in [0.717, 1.165) is 61.5 Å². The Morgan fingerprint density at radius 2 is 2.15 bits per heavy atom. The molecule has 1 heterocycles. The molecule has 1 unspecified atom stereocenters. The standard InChI is InChI=1S/C19H31ClN4O2.HI/c1-21-19(23-14-16-5-4-10-24(16)11-12-25-2)22-9-8-15-6-7-17(26-3)13-18(15)20;/h6-7,13,16H,4-5,8-12,14H2,1-3H3,(H2,21,22,23);1H. The highest BCUT2D eigenvalue weighted by molar-refractivity contribution is 14.0. The lowest BCUT2D eigenvalue weighted by Gasteiger charge is -2.25. The summed E-state index contributed by atoms with van der Waals surface area (Å²) >= 11 is 6.29. The van der Waals surface area contributed by atoms with Gasteiger partial charge in [0.1, 0.15) is 5.75 Å². The van der Waals surface area contributed by atoms with E-state index in [9.17, 15) is 0 Å². The van der Waals surface area contributed by atoms with Crippen LogP contribution in [0.5, 0.6) is 5.75 Å². The summed E-state index contributed by atoms with van der Waals surface area (Å²) in [5, 5.41) is 7.53. The molecule has 1 saturated heterocycles. The fourth-order valence-electron chi connectivity index (χ4n) is 3.24. The van der Waals surface area contributed by atoms with E-state index >= 15 is 0 Å². The molecule has 27 heavy (non-hydrogen) atoms. The fraction of sp³-hybridized carbons (Fsp3) is 0.632. The van der Waals surface area contributed by atoms with Gasteiger partial charge < -0.3 is 20.1 Å². The molecule has 154 valence electrons. The minimum atomic E-state index is 0. The number of likely N-dealkylation sites (tertiary alicyclic amines) is 1. The first-order valence-corrected chi connectivity index (χ1v) is 9.55. The third-order valence-electron chi connectivity index (χ3n) is 4.76. The van der Waals surface area contributed by atoms with Crippen LogP contribution in [0.25, 0.3) is 0 Å². The van der Waals surface area contributed by atoms with E-state index in [1.165, 1.54) is 12.8 Å². The number of methoxy groups -OCH3 is 2. The maximum Gasteiger partial charge on any atom is 0.191 e. The van der Waals surface area contributed by atoms with Gasteiger partial charge in [-0.15, -0.1) is 24.0 Å². The average Bonchev–Trinajstić information content (AvgIpc) is 3.11. The molecule has 2 N–H and O–H groups in total. The van der Waals surface area contributed by atoms with Crippen molar-refractivity contribution in [3.63, 3.8) is 0 Å². The summed E-state index contributed by atoms with van der Waals surface area (Å²) in [4.78, 5) is 6.80. The molecule has 0 amide bonds. The van der Waals surface area contributed by atoms with Crippen molar-refractivity contribution in [2.45, 2.75) is 25.3 Å². The number of hydrogen-bond donors (Lipinski definition) is 2. The minimum Gasteiger partial charge on any atom is -0.497 e. The van der Waals surface area contributed by atoms with Crippen LogP contribution in [0.1, 0.15) is 18.4 Å². The predicted molar refractivity (Wildman–Crippen MR) is 123 cm³/mol. The molecule has 1 aromatic carbocycles. The SMILES string of the molecule is CN=C(NCCc1ccc(OC)cc1Cl)NCC1CCCN1CCOC.I. The van der Waals surface area contributed by atoms with Crippen LogP contribution in [0.15, 0.2) is 23.2 Å². The Morgan fingerprint density at radius 1 is 1.33 bits per heavy atom. The van der Waals surface area contributed by atoms with Crippen LogP contribution in [0.3, 0.4) is 0 Å². The highest BCUT2D eigenvalue weighted by Crippen LogP contribution is 2.22. The zero-order chi connectivity index (χ0) is 18.8. The molecule has 1 atom stereocenters. The molecule has 1 aromatic rings. The van der Waals surface area contributed by atoms with E-state index < -0.39 is 0 Å². The van der Waals surface area contributed by atoms with Gasteiger partial charge in [0.05, 0.1) is 13.7 Å². The smallest absolute Gasteiger partial charge is 0.191 e. The Labute approximate surface area is 185 Å². The Morgan fingerprint density at radius 3 is 2.81 bits per heavy atom. The number of ether oxygens (including phenoxy) is 2. The molecule has 0 bridgehead atoms. The van der Waals surface area contributed by atoms with Crippen LogP contribution >= 0.6 is 35.6 Å². The van der Waals surface area contributed by atoms with Crippen LogP contribution < -0.4 is 15.4 Å². The van der Waals surface area contributed by atoms with Crippen LogP contribution in [-0.2, 0) is 11.2 Å². The van der Waals surface area contributed by atoms with Crippen LogP contribution in [-0.4, -0.2) is 71.0 Å². The van der Waals surface area contributed by atoms with E-state index in [-0.39, 0.29) is 24.0 Å². The quantitative estimate of drug-likeness (QED) is 0.304.